The lowest BCUT2D eigenvalue weighted by molar-refractivity contribution is -0.142. The Labute approximate surface area is 86.5 Å². The molecule has 0 saturated heterocycles. The number of aromatic hydroxyl groups is 1. The van der Waals surface area contributed by atoms with Gasteiger partial charge in [0, 0.05) is 0 Å². The van der Waals surface area contributed by atoms with E-state index in [1.54, 1.807) is 0 Å². The summed E-state index contributed by atoms with van der Waals surface area (Å²) >= 11 is 0. The summed E-state index contributed by atoms with van der Waals surface area (Å²) in [7, 11) is 1.24. The number of benzene rings is 1. The Balaban J connectivity index is 2.73. The number of hydrogen-bond acceptors (Lipinski definition) is 4. The number of nitrogens with two attached hydrogens (primary N) is 1. The minimum atomic E-state index is -0.806. The molecule has 0 radical (unpaired) electrons. The van der Waals surface area contributed by atoms with E-state index in [0.29, 0.717) is 5.56 Å². The average molecular weight is 213 g/mol. The number of hydrogen-bond donors (Lipinski definition) is 2. The van der Waals surface area contributed by atoms with E-state index in [9.17, 15) is 9.18 Å². The molecule has 82 valence electrons. The molecule has 0 spiro atoms. The topological polar surface area (TPSA) is 72.5 Å². The Bertz CT molecular complexity index is 368. The first-order valence-electron chi connectivity index (χ1n) is 4.35. The summed E-state index contributed by atoms with van der Waals surface area (Å²) in [5.41, 5.74) is 6.07. The second kappa shape index (κ2) is 4.75. The molecule has 1 rings (SSSR count). The van der Waals surface area contributed by atoms with Gasteiger partial charge < -0.3 is 15.6 Å². The number of phenols is 1. The highest BCUT2D eigenvalue weighted by atomic mass is 19.1. The van der Waals surface area contributed by atoms with Crippen molar-refractivity contribution in [2.24, 2.45) is 5.73 Å². The molecule has 0 heterocycles. The van der Waals surface area contributed by atoms with Crippen LogP contribution in [0.2, 0.25) is 0 Å². The Kier molecular flexibility index (Phi) is 3.62. The molecule has 4 nitrogen and oxygen atoms in total. The number of phenolic OH excluding ortho intramolecular Hbond substituents is 1. The van der Waals surface area contributed by atoms with Gasteiger partial charge in [-0.05, 0) is 24.1 Å². The fourth-order valence-electron chi connectivity index (χ4n) is 1.17. The molecule has 15 heavy (non-hydrogen) atoms. The summed E-state index contributed by atoms with van der Waals surface area (Å²) in [6.07, 6.45) is 0.195. The van der Waals surface area contributed by atoms with Gasteiger partial charge in [0.15, 0.2) is 11.6 Å². The van der Waals surface area contributed by atoms with Gasteiger partial charge in [-0.15, -0.1) is 0 Å². The molecule has 1 aromatic carbocycles. The van der Waals surface area contributed by atoms with Crippen LogP contribution >= 0.6 is 0 Å². The highest BCUT2D eigenvalue weighted by Crippen LogP contribution is 2.17. The third-order valence-corrected chi connectivity index (χ3v) is 1.97. The van der Waals surface area contributed by atoms with Crippen molar-refractivity contribution in [3.8, 4) is 5.75 Å². The summed E-state index contributed by atoms with van der Waals surface area (Å²) < 4.78 is 17.1. The SMILES string of the molecule is COC(=O)[C@@H](N)Cc1ccc(F)c(O)c1. The molecule has 1 aromatic rings. The van der Waals surface area contributed by atoms with Gasteiger partial charge in [0.05, 0.1) is 7.11 Å². The molecule has 0 aliphatic rings. The number of carbonyl (C=O) groups is 1. The number of halogens is 1. The van der Waals surface area contributed by atoms with Crippen molar-refractivity contribution in [2.75, 3.05) is 7.11 Å². The molecule has 0 unspecified atom stereocenters. The van der Waals surface area contributed by atoms with Crippen molar-refractivity contribution in [1.29, 1.82) is 0 Å². The van der Waals surface area contributed by atoms with Crippen molar-refractivity contribution in [3.63, 3.8) is 0 Å². The van der Waals surface area contributed by atoms with Gasteiger partial charge in [0.1, 0.15) is 6.04 Å². The highest BCUT2D eigenvalue weighted by molar-refractivity contribution is 5.75. The highest BCUT2D eigenvalue weighted by Gasteiger charge is 2.14. The molecule has 5 heteroatoms. The van der Waals surface area contributed by atoms with Crippen LogP contribution in [0.4, 0.5) is 4.39 Å². The van der Waals surface area contributed by atoms with E-state index >= 15 is 0 Å². The second-order valence-corrected chi connectivity index (χ2v) is 3.12. The predicted octanol–water partition coefficient (Wildman–Crippen LogP) is 0.574. The Morgan fingerprint density at radius 3 is 2.87 bits per heavy atom. The summed E-state index contributed by atoms with van der Waals surface area (Å²) in [6.45, 7) is 0. The largest absolute Gasteiger partial charge is 0.505 e. The molecule has 0 aliphatic carbocycles. The molecular weight excluding hydrogens is 201 g/mol. The van der Waals surface area contributed by atoms with E-state index in [2.05, 4.69) is 4.74 Å². The van der Waals surface area contributed by atoms with E-state index in [4.69, 9.17) is 10.8 Å². The van der Waals surface area contributed by atoms with E-state index in [0.717, 1.165) is 6.07 Å². The Hall–Kier alpha value is -1.62. The lowest BCUT2D eigenvalue weighted by Gasteiger charge is -2.09. The quantitative estimate of drug-likeness (QED) is 0.720. The van der Waals surface area contributed by atoms with Gasteiger partial charge >= 0.3 is 5.97 Å². The van der Waals surface area contributed by atoms with Crippen molar-refractivity contribution >= 4 is 5.97 Å². The lowest BCUT2D eigenvalue weighted by Crippen LogP contribution is -2.33. The maximum Gasteiger partial charge on any atom is 0.322 e. The molecule has 1 atom stereocenters. The first-order valence-corrected chi connectivity index (χ1v) is 4.35. The summed E-state index contributed by atoms with van der Waals surface area (Å²) in [4.78, 5) is 11.0. The third kappa shape index (κ3) is 2.92. The minimum Gasteiger partial charge on any atom is -0.505 e. The summed E-state index contributed by atoms with van der Waals surface area (Å²) in [5, 5.41) is 9.08. The number of rotatable bonds is 3. The summed E-state index contributed by atoms with van der Waals surface area (Å²) in [5.74, 6) is -1.70. The lowest BCUT2D eigenvalue weighted by atomic mass is 10.1. The van der Waals surface area contributed by atoms with Crippen LogP contribution in [0, 0.1) is 5.82 Å². The molecule has 0 aliphatic heterocycles. The van der Waals surface area contributed by atoms with Crippen LogP contribution in [0.5, 0.6) is 5.75 Å². The molecule has 0 saturated carbocycles. The molecule has 0 fully saturated rings. The fraction of sp³-hybridized carbons (Fsp3) is 0.300. The average Bonchev–Trinajstić information content (AvgIpc) is 2.22. The first kappa shape index (κ1) is 11.5. The number of methoxy groups -OCH3 is 1. The van der Waals surface area contributed by atoms with Gasteiger partial charge in [0.25, 0.3) is 0 Å². The van der Waals surface area contributed by atoms with Gasteiger partial charge in [-0.3, -0.25) is 4.79 Å². The molecule has 0 amide bonds. The number of esters is 1. The van der Waals surface area contributed by atoms with Crippen LogP contribution in [0.25, 0.3) is 0 Å². The third-order valence-electron chi connectivity index (χ3n) is 1.97. The van der Waals surface area contributed by atoms with Gasteiger partial charge in [-0.25, -0.2) is 4.39 Å². The van der Waals surface area contributed by atoms with Crippen molar-refractivity contribution in [3.05, 3.63) is 29.6 Å². The zero-order chi connectivity index (χ0) is 11.4. The fourth-order valence-corrected chi connectivity index (χ4v) is 1.17. The number of ether oxygens (including phenoxy) is 1. The van der Waals surface area contributed by atoms with E-state index in [1.165, 1.54) is 19.2 Å². The Morgan fingerprint density at radius 2 is 2.33 bits per heavy atom. The molecule has 3 N–H and O–H groups in total. The van der Waals surface area contributed by atoms with Crippen molar-refractivity contribution in [2.45, 2.75) is 12.5 Å². The maximum absolute atomic E-state index is 12.7. The van der Waals surface area contributed by atoms with E-state index < -0.39 is 23.6 Å². The zero-order valence-corrected chi connectivity index (χ0v) is 8.24. The minimum absolute atomic E-state index is 0.195. The number of carbonyl (C=O) groups excluding carboxylic acids is 1. The normalized spacial score (nSPS) is 12.2. The van der Waals surface area contributed by atoms with E-state index in [1.807, 2.05) is 0 Å². The zero-order valence-electron chi connectivity index (χ0n) is 8.24. The van der Waals surface area contributed by atoms with Crippen molar-refractivity contribution < 1.29 is 19.0 Å². The van der Waals surface area contributed by atoms with Gasteiger partial charge in [0.2, 0.25) is 0 Å². The molecule has 0 aromatic heterocycles. The molecule has 0 bridgehead atoms. The second-order valence-electron chi connectivity index (χ2n) is 3.12. The smallest absolute Gasteiger partial charge is 0.322 e. The van der Waals surface area contributed by atoms with Crippen molar-refractivity contribution in [1.82, 2.24) is 0 Å². The predicted molar refractivity (Wildman–Crippen MR) is 51.8 cm³/mol. The first-order chi connectivity index (χ1) is 7.04. The molecular formula is C10H12FNO3. The van der Waals surface area contributed by atoms with Crippen LogP contribution in [0.1, 0.15) is 5.56 Å². The standard InChI is InChI=1S/C10H12FNO3/c1-15-10(14)8(12)4-6-2-3-7(11)9(13)5-6/h2-3,5,8,13H,4,12H2,1H3/t8-/m0/s1. The van der Waals surface area contributed by atoms with Gasteiger partial charge in [-0.2, -0.15) is 0 Å². The van der Waals surface area contributed by atoms with Crippen LogP contribution < -0.4 is 5.73 Å². The van der Waals surface area contributed by atoms with Gasteiger partial charge in [-0.1, -0.05) is 6.07 Å². The van der Waals surface area contributed by atoms with Crippen LogP contribution in [-0.4, -0.2) is 24.2 Å². The maximum atomic E-state index is 12.7. The van der Waals surface area contributed by atoms with Crippen LogP contribution in [0.15, 0.2) is 18.2 Å². The Morgan fingerprint density at radius 1 is 1.67 bits per heavy atom. The summed E-state index contributed by atoms with van der Waals surface area (Å²) in [6, 6.07) is 3.00. The van der Waals surface area contributed by atoms with Crippen LogP contribution in [-0.2, 0) is 16.0 Å². The van der Waals surface area contributed by atoms with E-state index in [-0.39, 0.29) is 6.42 Å². The monoisotopic (exact) mass is 213 g/mol. The van der Waals surface area contributed by atoms with Crippen LogP contribution in [0.3, 0.4) is 0 Å².